The van der Waals surface area contributed by atoms with Crippen molar-refractivity contribution in [1.29, 1.82) is 0 Å². The van der Waals surface area contributed by atoms with Gasteiger partial charge in [-0.3, -0.25) is 9.59 Å². The highest BCUT2D eigenvalue weighted by Gasteiger charge is 2.20. The molecule has 0 saturated carbocycles. The van der Waals surface area contributed by atoms with E-state index in [4.69, 9.17) is 4.74 Å². The van der Waals surface area contributed by atoms with Gasteiger partial charge in [0.15, 0.2) is 0 Å². The second-order valence-electron chi connectivity index (χ2n) is 20.0. The highest BCUT2D eigenvalue weighted by Crippen LogP contribution is 2.17. The van der Waals surface area contributed by atoms with Crippen molar-refractivity contribution in [3.05, 3.63) is 12.2 Å². The Morgan fingerprint density at radius 2 is 0.734 bits per heavy atom. The van der Waals surface area contributed by atoms with Gasteiger partial charge in [-0.15, -0.1) is 0 Å². The van der Waals surface area contributed by atoms with Crippen LogP contribution >= 0.6 is 0 Å². The maximum Gasteiger partial charge on any atom is 0.305 e. The van der Waals surface area contributed by atoms with Crippen LogP contribution in [-0.4, -0.2) is 47.4 Å². The van der Waals surface area contributed by atoms with Gasteiger partial charge < -0.3 is 20.3 Å². The lowest BCUT2D eigenvalue weighted by Crippen LogP contribution is -2.45. The van der Waals surface area contributed by atoms with E-state index in [-0.39, 0.29) is 18.5 Å². The number of ether oxygens (including phenoxy) is 1. The normalized spacial score (nSPS) is 12.6. The van der Waals surface area contributed by atoms with Crippen LogP contribution in [0.1, 0.15) is 322 Å². The maximum absolute atomic E-state index is 12.5. The molecule has 0 rings (SSSR count). The number of nitrogens with one attached hydrogen (secondary N) is 1. The summed E-state index contributed by atoms with van der Waals surface area (Å²) in [7, 11) is 0. The van der Waals surface area contributed by atoms with E-state index in [0.717, 1.165) is 64.2 Å². The molecule has 0 aliphatic heterocycles. The fraction of sp³-hybridized carbons (Fsp3) is 0.931. The van der Waals surface area contributed by atoms with E-state index in [1.165, 1.54) is 225 Å². The Kier molecular flexibility index (Phi) is 53.0. The molecular formula is C58H113NO5. The number of carbonyl (C=O) groups is 2. The first kappa shape index (κ1) is 62.6. The van der Waals surface area contributed by atoms with E-state index in [9.17, 15) is 19.8 Å². The molecule has 0 bridgehead atoms. The summed E-state index contributed by atoms with van der Waals surface area (Å²) >= 11 is 0. The SMILES string of the molecule is CCCCCCCCCCCCCCCCCCCC(O)C(CO)NC(=O)CCCCCCC/C=C\CCCCCCCCCOC(=O)CCCCCCCCCCCCCCCC. The fourth-order valence-electron chi connectivity index (χ4n) is 9.11. The van der Waals surface area contributed by atoms with Crippen LogP contribution in [0.25, 0.3) is 0 Å². The van der Waals surface area contributed by atoms with Gasteiger partial charge >= 0.3 is 5.97 Å². The van der Waals surface area contributed by atoms with Crippen molar-refractivity contribution >= 4 is 11.9 Å². The van der Waals surface area contributed by atoms with Crippen LogP contribution in [0.3, 0.4) is 0 Å². The van der Waals surface area contributed by atoms with Crippen molar-refractivity contribution in [2.75, 3.05) is 13.2 Å². The first-order valence-electron chi connectivity index (χ1n) is 28.9. The minimum atomic E-state index is -0.674. The van der Waals surface area contributed by atoms with Crippen LogP contribution in [0.15, 0.2) is 12.2 Å². The zero-order valence-electron chi connectivity index (χ0n) is 43.3. The van der Waals surface area contributed by atoms with Gasteiger partial charge in [0.25, 0.3) is 0 Å². The van der Waals surface area contributed by atoms with Crippen molar-refractivity contribution in [2.45, 2.75) is 334 Å². The molecule has 3 N–H and O–H groups in total. The first-order valence-corrected chi connectivity index (χ1v) is 28.9. The molecule has 64 heavy (non-hydrogen) atoms. The van der Waals surface area contributed by atoms with E-state index >= 15 is 0 Å². The number of rotatable bonds is 54. The average Bonchev–Trinajstić information content (AvgIpc) is 3.29. The molecule has 380 valence electrons. The minimum Gasteiger partial charge on any atom is -0.466 e. The van der Waals surface area contributed by atoms with E-state index in [1.807, 2.05) is 0 Å². The van der Waals surface area contributed by atoms with Crippen LogP contribution in [-0.2, 0) is 14.3 Å². The molecule has 0 radical (unpaired) electrons. The van der Waals surface area contributed by atoms with Crippen molar-refractivity contribution < 1.29 is 24.5 Å². The number of hydrogen-bond acceptors (Lipinski definition) is 5. The molecule has 2 unspecified atom stereocenters. The van der Waals surface area contributed by atoms with Gasteiger partial charge in [0.2, 0.25) is 5.91 Å². The predicted molar refractivity (Wildman–Crippen MR) is 278 cm³/mol. The molecule has 0 spiro atoms. The first-order chi connectivity index (χ1) is 31.5. The van der Waals surface area contributed by atoms with Gasteiger partial charge in [-0.25, -0.2) is 0 Å². The Balaban J connectivity index is 3.45. The highest BCUT2D eigenvalue weighted by molar-refractivity contribution is 5.76. The molecule has 0 aromatic heterocycles. The molecule has 0 aliphatic rings. The summed E-state index contributed by atoms with van der Waals surface area (Å²) in [6.45, 7) is 4.95. The standard InChI is InChI=1S/C58H113NO5/c1-3-5-7-9-11-13-15-17-19-20-23-26-30-34-38-42-46-50-56(61)55(54-60)59-57(62)51-47-43-39-35-31-27-24-21-22-25-29-33-37-41-45-49-53-64-58(63)52-48-44-40-36-32-28-18-16-14-12-10-8-6-4-2/h21,24,55-56,60-61H,3-20,22-23,25-54H2,1-2H3,(H,59,62)/b24-21-. The lowest BCUT2D eigenvalue weighted by atomic mass is 10.0. The molecule has 0 aliphatic carbocycles. The average molecular weight is 905 g/mol. The van der Waals surface area contributed by atoms with Crippen molar-refractivity contribution in [3.63, 3.8) is 0 Å². The topological polar surface area (TPSA) is 95.9 Å². The molecule has 0 fully saturated rings. The van der Waals surface area contributed by atoms with Gasteiger partial charge in [-0.05, 0) is 51.4 Å². The highest BCUT2D eigenvalue weighted by atomic mass is 16.5. The third-order valence-electron chi connectivity index (χ3n) is 13.6. The maximum atomic E-state index is 12.5. The number of unbranched alkanes of at least 4 members (excludes halogenated alkanes) is 41. The Bertz CT molecular complexity index is 955. The van der Waals surface area contributed by atoms with Gasteiger partial charge in [-0.2, -0.15) is 0 Å². The largest absolute Gasteiger partial charge is 0.466 e. The van der Waals surface area contributed by atoms with Crippen LogP contribution < -0.4 is 5.32 Å². The fourth-order valence-corrected chi connectivity index (χ4v) is 9.11. The van der Waals surface area contributed by atoms with Crippen molar-refractivity contribution in [1.82, 2.24) is 5.32 Å². The molecule has 0 aromatic rings. The summed E-state index contributed by atoms with van der Waals surface area (Å²) in [5, 5.41) is 23.3. The predicted octanol–water partition coefficient (Wildman–Crippen LogP) is 17.7. The van der Waals surface area contributed by atoms with Crippen LogP contribution in [0.4, 0.5) is 0 Å². The van der Waals surface area contributed by atoms with E-state index in [2.05, 4.69) is 31.3 Å². The second kappa shape index (κ2) is 54.2. The third-order valence-corrected chi connectivity index (χ3v) is 13.6. The van der Waals surface area contributed by atoms with Gasteiger partial charge in [-0.1, -0.05) is 270 Å². The van der Waals surface area contributed by atoms with E-state index < -0.39 is 12.1 Å². The molecule has 0 saturated heterocycles. The second-order valence-corrected chi connectivity index (χ2v) is 20.0. The lowest BCUT2D eigenvalue weighted by molar-refractivity contribution is -0.143. The van der Waals surface area contributed by atoms with Crippen molar-refractivity contribution in [3.8, 4) is 0 Å². The third kappa shape index (κ3) is 50.0. The number of aliphatic hydroxyl groups is 2. The summed E-state index contributed by atoms with van der Waals surface area (Å²) in [4.78, 5) is 24.5. The van der Waals surface area contributed by atoms with Crippen LogP contribution in [0.5, 0.6) is 0 Å². The number of allylic oxidation sites excluding steroid dienone is 2. The molecule has 6 heteroatoms. The Morgan fingerprint density at radius 3 is 1.11 bits per heavy atom. The zero-order chi connectivity index (χ0) is 46.5. The van der Waals surface area contributed by atoms with Gasteiger partial charge in [0.05, 0.1) is 25.4 Å². The molecule has 6 nitrogen and oxygen atoms in total. The lowest BCUT2D eigenvalue weighted by Gasteiger charge is -2.22. The smallest absolute Gasteiger partial charge is 0.305 e. The molecular weight excluding hydrogens is 791 g/mol. The number of esters is 1. The molecule has 2 atom stereocenters. The molecule has 1 amide bonds. The van der Waals surface area contributed by atoms with Gasteiger partial charge in [0, 0.05) is 12.8 Å². The number of carbonyl (C=O) groups excluding carboxylic acids is 2. The minimum absolute atomic E-state index is 0.0000913. The van der Waals surface area contributed by atoms with Crippen LogP contribution in [0.2, 0.25) is 0 Å². The van der Waals surface area contributed by atoms with Gasteiger partial charge in [0.1, 0.15) is 0 Å². The summed E-state index contributed by atoms with van der Waals surface area (Å²) < 4.78 is 5.47. The van der Waals surface area contributed by atoms with Crippen molar-refractivity contribution in [2.24, 2.45) is 0 Å². The Labute approximate surface area is 399 Å². The summed E-state index contributed by atoms with van der Waals surface area (Å²) in [6.07, 6.45) is 63.4. The summed E-state index contributed by atoms with van der Waals surface area (Å²) in [5.41, 5.74) is 0. The summed E-state index contributed by atoms with van der Waals surface area (Å²) in [6, 6.07) is -0.553. The number of aliphatic hydroxyl groups excluding tert-OH is 2. The van der Waals surface area contributed by atoms with E-state index in [0.29, 0.717) is 25.9 Å². The number of amides is 1. The molecule has 0 heterocycles. The zero-order valence-corrected chi connectivity index (χ0v) is 43.3. The van der Waals surface area contributed by atoms with E-state index in [1.54, 1.807) is 0 Å². The van der Waals surface area contributed by atoms with Crippen LogP contribution in [0, 0.1) is 0 Å². The monoisotopic (exact) mass is 904 g/mol. The number of hydrogen-bond donors (Lipinski definition) is 3. The Hall–Kier alpha value is -1.40. The summed E-state index contributed by atoms with van der Waals surface area (Å²) in [5.74, 6) is -0.0493. The quantitative estimate of drug-likeness (QED) is 0.0321. The molecule has 0 aromatic carbocycles. The Morgan fingerprint density at radius 1 is 0.422 bits per heavy atom.